The number of rotatable bonds is 5. The highest BCUT2D eigenvalue weighted by atomic mass is 16.5. The lowest BCUT2D eigenvalue weighted by atomic mass is 9.85. The Kier molecular flexibility index (Phi) is 5.69. The van der Waals surface area contributed by atoms with Crippen molar-refractivity contribution in [3.8, 4) is 5.75 Å². The summed E-state index contributed by atoms with van der Waals surface area (Å²) >= 11 is 0. The third-order valence-corrected chi connectivity index (χ3v) is 4.81. The fourth-order valence-corrected chi connectivity index (χ4v) is 3.50. The molecule has 1 aromatic carbocycles. The first-order valence-corrected chi connectivity index (χ1v) is 8.46. The molecule has 1 atom stereocenters. The van der Waals surface area contributed by atoms with E-state index >= 15 is 0 Å². The molecule has 1 heterocycles. The van der Waals surface area contributed by atoms with Crippen LogP contribution in [0, 0.1) is 24.7 Å². The molecular formula is C19H31NO. The first-order valence-electron chi connectivity index (χ1n) is 8.46. The third-order valence-electron chi connectivity index (χ3n) is 4.81. The van der Waals surface area contributed by atoms with Gasteiger partial charge in [0.25, 0.3) is 0 Å². The number of hydrogen-bond donors (Lipinski definition) is 1. The number of ether oxygens (including phenoxy) is 1. The lowest BCUT2D eigenvalue weighted by Crippen LogP contribution is -2.32. The van der Waals surface area contributed by atoms with Gasteiger partial charge in [0.1, 0.15) is 5.75 Å². The molecule has 1 aliphatic rings. The third kappa shape index (κ3) is 4.00. The van der Waals surface area contributed by atoms with E-state index in [0.29, 0.717) is 6.04 Å². The minimum atomic E-state index is 0.433. The standard InChI is InChI=1S/C19H31NO/c1-13(2)17(14(3)4)12-20-18-10-7-11-21-19-15(5)8-6-9-16(18)19/h6,8-9,13-14,17-18,20H,7,10-12H2,1-5H3. The Morgan fingerprint density at radius 1 is 1.19 bits per heavy atom. The van der Waals surface area contributed by atoms with Crippen LogP contribution < -0.4 is 10.1 Å². The van der Waals surface area contributed by atoms with Crippen molar-refractivity contribution in [2.45, 2.75) is 53.5 Å². The second-order valence-electron chi connectivity index (χ2n) is 7.10. The van der Waals surface area contributed by atoms with E-state index in [-0.39, 0.29) is 0 Å². The van der Waals surface area contributed by atoms with E-state index in [1.54, 1.807) is 0 Å². The summed E-state index contributed by atoms with van der Waals surface area (Å²) in [5.41, 5.74) is 2.60. The maximum absolute atomic E-state index is 5.97. The molecule has 0 fully saturated rings. The molecule has 1 aliphatic heterocycles. The molecule has 0 saturated carbocycles. The van der Waals surface area contributed by atoms with E-state index in [4.69, 9.17) is 4.74 Å². The summed E-state index contributed by atoms with van der Waals surface area (Å²) in [5.74, 6) is 3.27. The fraction of sp³-hybridized carbons (Fsp3) is 0.684. The zero-order valence-electron chi connectivity index (χ0n) is 14.3. The Bertz CT molecular complexity index is 445. The molecule has 0 aliphatic carbocycles. The molecule has 2 nitrogen and oxygen atoms in total. The van der Waals surface area contributed by atoms with Gasteiger partial charge in [-0.15, -0.1) is 0 Å². The summed E-state index contributed by atoms with van der Waals surface area (Å²) in [6.07, 6.45) is 2.29. The van der Waals surface area contributed by atoms with Crippen LogP contribution in [0.25, 0.3) is 0 Å². The van der Waals surface area contributed by atoms with Crippen molar-refractivity contribution < 1.29 is 4.74 Å². The summed E-state index contributed by atoms with van der Waals surface area (Å²) < 4.78 is 5.97. The molecule has 0 aromatic heterocycles. The minimum absolute atomic E-state index is 0.433. The topological polar surface area (TPSA) is 21.3 Å². The van der Waals surface area contributed by atoms with Crippen LogP contribution in [-0.4, -0.2) is 13.2 Å². The number of aryl methyl sites for hydroxylation is 1. The van der Waals surface area contributed by atoms with Crippen molar-refractivity contribution in [3.05, 3.63) is 29.3 Å². The number of fused-ring (bicyclic) bond motifs is 1. The molecule has 1 unspecified atom stereocenters. The zero-order chi connectivity index (χ0) is 15.4. The van der Waals surface area contributed by atoms with Crippen molar-refractivity contribution in [1.29, 1.82) is 0 Å². The van der Waals surface area contributed by atoms with Crippen LogP contribution in [-0.2, 0) is 0 Å². The molecule has 2 rings (SSSR count). The van der Waals surface area contributed by atoms with E-state index < -0.39 is 0 Å². The van der Waals surface area contributed by atoms with Gasteiger partial charge in [-0.1, -0.05) is 45.9 Å². The van der Waals surface area contributed by atoms with E-state index in [1.165, 1.54) is 17.5 Å². The zero-order valence-corrected chi connectivity index (χ0v) is 14.3. The van der Waals surface area contributed by atoms with Gasteiger partial charge in [-0.05, 0) is 49.6 Å². The Labute approximate surface area is 130 Å². The van der Waals surface area contributed by atoms with Crippen LogP contribution in [0.2, 0.25) is 0 Å². The minimum Gasteiger partial charge on any atom is -0.493 e. The lowest BCUT2D eigenvalue weighted by molar-refractivity contribution is 0.262. The predicted molar refractivity (Wildman–Crippen MR) is 89.8 cm³/mol. The molecule has 118 valence electrons. The Hall–Kier alpha value is -1.02. The monoisotopic (exact) mass is 289 g/mol. The van der Waals surface area contributed by atoms with Crippen LogP contribution in [0.15, 0.2) is 18.2 Å². The van der Waals surface area contributed by atoms with Gasteiger partial charge in [0.15, 0.2) is 0 Å². The van der Waals surface area contributed by atoms with Gasteiger partial charge in [0.2, 0.25) is 0 Å². The van der Waals surface area contributed by atoms with Gasteiger partial charge in [0, 0.05) is 11.6 Å². The molecule has 0 amide bonds. The summed E-state index contributed by atoms with van der Waals surface area (Å²) in [7, 11) is 0. The Morgan fingerprint density at radius 3 is 2.57 bits per heavy atom. The second kappa shape index (κ2) is 7.31. The lowest BCUT2D eigenvalue weighted by Gasteiger charge is -2.28. The highest BCUT2D eigenvalue weighted by molar-refractivity contribution is 5.43. The van der Waals surface area contributed by atoms with E-state index in [2.05, 4.69) is 58.1 Å². The normalized spacial score (nSPS) is 18.8. The molecule has 21 heavy (non-hydrogen) atoms. The molecular weight excluding hydrogens is 258 g/mol. The highest BCUT2D eigenvalue weighted by Crippen LogP contribution is 2.34. The summed E-state index contributed by atoms with van der Waals surface area (Å²) in [4.78, 5) is 0. The SMILES string of the molecule is Cc1cccc2c1OCCCC2NCC(C(C)C)C(C)C. The number of hydrogen-bond acceptors (Lipinski definition) is 2. The maximum atomic E-state index is 5.97. The average molecular weight is 289 g/mol. The second-order valence-corrected chi connectivity index (χ2v) is 7.10. The average Bonchev–Trinajstić information content (AvgIpc) is 2.62. The number of para-hydroxylation sites is 1. The highest BCUT2D eigenvalue weighted by Gasteiger charge is 2.23. The Balaban J connectivity index is 2.12. The van der Waals surface area contributed by atoms with Gasteiger partial charge in [-0.3, -0.25) is 0 Å². The van der Waals surface area contributed by atoms with Crippen LogP contribution in [0.5, 0.6) is 5.75 Å². The van der Waals surface area contributed by atoms with Gasteiger partial charge in [-0.25, -0.2) is 0 Å². The first kappa shape index (κ1) is 16.4. The molecule has 0 spiro atoms. The molecule has 0 saturated heterocycles. The summed E-state index contributed by atoms with van der Waals surface area (Å²) in [6.45, 7) is 13.4. The van der Waals surface area contributed by atoms with Gasteiger partial charge in [-0.2, -0.15) is 0 Å². The quantitative estimate of drug-likeness (QED) is 0.846. The molecule has 0 radical (unpaired) electrons. The summed E-state index contributed by atoms with van der Waals surface area (Å²) in [6, 6.07) is 6.96. The van der Waals surface area contributed by atoms with Gasteiger partial charge in [0.05, 0.1) is 6.61 Å². The smallest absolute Gasteiger partial charge is 0.126 e. The maximum Gasteiger partial charge on any atom is 0.126 e. The molecule has 0 bridgehead atoms. The van der Waals surface area contributed by atoms with Crippen molar-refractivity contribution >= 4 is 0 Å². The van der Waals surface area contributed by atoms with Gasteiger partial charge < -0.3 is 10.1 Å². The number of nitrogens with one attached hydrogen (secondary N) is 1. The fourth-order valence-electron chi connectivity index (χ4n) is 3.50. The summed E-state index contributed by atoms with van der Waals surface area (Å²) in [5, 5.41) is 3.83. The Morgan fingerprint density at radius 2 is 1.90 bits per heavy atom. The first-order chi connectivity index (χ1) is 10.0. The number of benzene rings is 1. The van der Waals surface area contributed by atoms with Crippen LogP contribution in [0.3, 0.4) is 0 Å². The predicted octanol–water partition coefficient (Wildman–Crippen LogP) is 4.73. The molecule has 2 heteroatoms. The van der Waals surface area contributed by atoms with Crippen molar-refractivity contribution in [3.63, 3.8) is 0 Å². The largest absolute Gasteiger partial charge is 0.493 e. The van der Waals surface area contributed by atoms with E-state index in [0.717, 1.165) is 43.1 Å². The van der Waals surface area contributed by atoms with Crippen LogP contribution >= 0.6 is 0 Å². The van der Waals surface area contributed by atoms with Crippen molar-refractivity contribution in [1.82, 2.24) is 5.32 Å². The molecule has 1 aromatic rings. The van der Waals surface area contributed by atoms with Crippen LogP contribution in [0.1, 0.15) is 57.7 Å². The van der Waals surface area contributed by atoms with Crippen molar-refractivity contribution in [2.75, 3.05) is 13.2 Å². The van der Waals surface area contributed by atoms with E-state index in [9.17, 15) is 0 Å². The van der Waals surface area contributed by atoms with Gasteiger partial charge >= 0.3 is 0 Å². The van der Waals surface area contributed by atoms with E-state index in [1.807, 2.05) is 0 Å². The van der Waals surface area contributed by atoms with Crippen molar-refractivity contribution in [2.24, 2.45) is 17.8 Å². The molecule has 1 N–H and O–H groups in total. The van der Waals surface area contributed by atoms with Crippen LogP contribution in [0.4, 0.5) is 0 Å².